The summed E-state index contributed by atoms with van der Waals surface area (Å²) in [7, 11) is -3.82. The summed E-state index contributed by atoms with van der Waals surface area (Å²) >= 11 is 6.96. The van der Waals surface area contributed by atoms with Gasteiger partial charge in [-0.15, -0.1) is 11.3 Å². The van der Waals surface area contributed by atoms with Crippen LogP contribution in [-0.4, -0.2) is 41.2 Å². The molecule has 33 heavy (non-hydrogen) atoms. The Hall–Kier alpha value is -2.72. The van der Waals surface area contributed by atoms with Crippen molar-refractivity contribution in [2.24, 2.45) is 0 Å². The van der Waals surface area contributed by atoms with E-state index in [0.29, 0.717) is 35.2 Å². The number of aromatic amines is 1. The molecule has 2 N–H and O–H groups in total. The molecule has 7 nitrogen and oxygen atoms in total. The zero-order valence-corrected chi connectivity index (χ0v) is 19.9. The van der Waals surface area contributed by atoms with Crippen molar-refractivity contribution >= 4 is 55.6 Å². The van der Waals surface area contributed by atoms with E-state index in [-0.39, 0.29) is 10.1 Å². The molecule has 1 saturated heterocycles. The molecule has 0 spiro atoms. The van der Waals surface area contributed by atoms with Crippen molar-refractivity contribution in [3.05, 3.63) is 65.0 Å². The van der Waals surface area contributed by atoms with Crippen molar-refractivity contribution in [3.63, 3.8) is 0 Å². The molecule has 1 unspecified atom stereocenters. The van der Waals surface area contributed by atoms with Crippen LogP contribution in [-0.2, 0) is 14.8 Å². The number of carbonyl (C=O) groups is 1. The van der Waals surface area contributed by atoms with Gasteiger partial charge in [0, 0.05) is 12.1 Å². The fourth-order valence-corrected chi connectivity index (χ4v) is 7.37. The fourth-order valence-electron chi connectivity index (χ4n) is 4.10. The number of nitrogens with zero attached hydrogens (tertiary/aromatic N) is 2. The highest BCUT2D eigenvalue weighted by Crippen LogP contribution is 2.33. The van der Waals surface area contributed by atoms with Gasteiger partial charge >= 0.3 is 0 Å². The number of para-hydroxylation sites is 3. The normalized spacial score (nSPS) is 17.3. The van der Waals surface area contributed by atoms with E-state index in [4.69, 9.17) is 11.6 Å². The zero-order chi connectivity index (χ0) is 23.0. The van der Waals surface area contributed by atoms with Crippen LogP contribution in [0.3, 0.4) is 0 Å². The minimum Gasteiger partial charge on any atom is -0.338 e. The van der Waals surface area contributed by atoms with Crippen molar-refractivity contribution in [2.45, 2.75) is 29.5 Å². The van der Waals surface area contributed by atoms with Crippen LogP contribution < -0.4 is 5.32 Å². The quantitative estimate of drug-likeness (QED) is 0.397. The molecule has 0 saturated carbocycles. The van der Waals surface area contributed by atoms with Crippen LogP contribution >= 0.6 is 22.9 Å². The summed E-state index contributed by atoms with van der Waals surface area (Å²) in [5.41, 5.74) is 3.03. The van der Waals surface area contributed by atoms with Crippen LogP contribution in [0.1, 0.15) is 19.3 Å². The van der Waals surface area contributed by atoms with E-state index in [1.54, 1.807) is 12.1 Å². The summed E-state index contributed by atoms with van der Waals surface area (Å²) in [6.45, 7) is 0.293. The maximum atomic E-state index is 13.3. The van der Waals surface area contributed by atoms with Crippen LogP contribution in [0.4, 0.5) is 5.69 Å². The van der Waals surface area contributed by atoms with Gasteiger partial charge in [-0.2, -0.15) is 4.31 Å². The average molecular weight is 501 g/mol. The Morgan fingerprint density at radius 2 is 1.88 bits per heavy atom. The second kappa shape index (κ2) is 8.90. The minimum atomic E-state index is -3.82. The maximum Gasteiger partial charge on any atom is 0.253 e. The summed E-state index contributed by atoms with van der Waals surface area (Å²) in [6.07, 6.45) is 1.94. The molecule has 1 aliphatic rings. The van der Waals surface area contributed by atoms with Gasteiger partial charge in [-0.25, -0.2) is 13.4 Å². The standard InChI is InChI=1S/C23H21ClN4O3S2/c24-20-12-13-21(32-20)33(30,31)28-14-6-5-11-19(28)23(29)27-16-8-2-1-7-15(16)22-25-17-9-3-4-10-18(17)26-22/h1-4,7-10,12-13,19H,5-6,11,14H2,(H,25,26)(H,27,29). The highest BCUT2D eigenvalue weighted by atomic mass is 35.5. The first-order chi connectivity index (χ1) is 15.9. The molecule has 5 rings (SSSR count). The number of aromatic nitrogens is 2. The number of anilines is 1. The fraction of sp³-hybridized carbons (Fsp3) is 0.217. The maximum absolute atomic E-state index is 13.3. The average Bonchev–Trinajstić information content (AvgIpc) is 3.46. The van der Waals surface area contributed by atoms with Gasteiger partial charge in [0.05, 0.1) is 21.1 Å². The van der Waals surface area contributed by atoms with Crippen LogP contribution in [0.15, 0.2) is 64.9 Å². The van der Waals surface area contributed by atoms with E-state index >= 15 is 0 Å². The number of piperidine rings is 1. The van der Waals surface area contributed by atoms with E-state index < -0.39 is 16.1 Å². The molecule has 3 heterocycles. The van der Waals surface area contributed by atoms with Crippen molar-refractivity contribution < 1.29 is 13.2 Å². The number of halogens is 1. The second-order valence-electron chi connectivity index (χ2n) is 7.82. The smallest absolute Gasteiger partial charge is 0.253 e. The first-order valence-corrected chi connectivity index (χ1v) is 13.2. The number of nitrogens with one attached hydrogen (secondary N) is 2. The lowest BCUT2D eigenvalue weighted by Crippen LogP contribution is -2.49. The topological polar surface area (TPSA) is 95.2 Å². The number of imidazole rings is 1. The summed E-state index contributed by atoms with van der Waals surface area (Å²) in [4.78, 5) is 21.3. The lowest BCUT2D eigenvalue weighted by Gasteiger charge is -2.33. The SMILES string of the molecule is O=C(Nc1ccccc1-c1nc2ccccc2[nH]1)C1CCCCN1S(=O)(=O)c1ccc(Cl)s1. The van der Waals surface area contributed by atoms with Crippen LogP contribution in [0, 0.1) is 0 Å². The van der Waals surface area contributed by atoms with Crippen LogP contribution in [0.2, 0.25) is 4.34 Å². The summed E-state index contributed by atoms with van der Waals surface area (Å²) in [6, 6.07) is 17.3. The van der Waals surface area contributed by atoms with E-state index in [1.807, 2.05) is 42.5 Å². The predicted octanol–water partition coefficient (Wildman–Crippen LogP) is 5.13. The van der Waals surface area contributed by atoms with E-state index in [1.165, 1.54) is 10.4 Å². The number of thiophene rings is 1. The lowest BCUT2D eigenvalue weighted by molar-refractivity contribution is -0.120. The summed E-state index contributed by atoms with van der Waals surface area (Å²) in [5.74, 6) is 0.276. The highest BCUT2D eigenvalue weighted by molar-refractivity contribution is 7.91. The Morgan fingerprint density at radius 3 is 2.67 bits per heavy atom. The Bertz CT molecular complexity index is 1400. The lowest BCUT2D eigenvalue weighted by atomic mass is 10.0. The number of benzene rings is 2. The van der Waals surface area contributed by atoms with Crippen molar-refractivity contribution in [3.8, 4) is 11.4 Å². The van der Waals surface area contributed by atoms with E-state index in [0.717, 1.165) is 34.4 Å². The predicted molar refractivity (Wildman–Crippen MR) is 131 cm³/mol. The van der Waals surface area contributed by atoms with Gasteiger partial charge in [0.2, 0.25) is 5.91 Å². The van der Waals surface area contributed by atoms with Gasteiger partial charge in [-0.05, 0) is 49.2 Å². The number of amides is 1. The minimum absolute atomic E-state index is 0.148. The molecule has 2 aromatic heterocycles. The Balaban J connectivity index is 1.44. The molecule has 1 fully saturated rings. The third-order valence-electron chi connectivity index (χ3n) is 5.70. The zero-order valence-electron chi connectivity index (χ0n) is 17.5. The molecule has 170 valence electrons. The second-order valence-corrected chi connectivity index (χ2v) is 11.7. The van der Waals surface area contributed by atoms with Gasteiger partial charge < -0.3 is 10.3 Å². The molecular formula is C23H21ClN4O3S2. The molecule has 2 aromatic carbocycles. The van der Waals surface area contributed by atoms with Gasteiger partial charge in [0.25, 0.3) is 10.0 Å². The number of carbonyl (C=O) groups excluding carboxylic acids is 1. The third-order valence-corrected chi connectivity index (χ3v) is 9.30. The number of hydrogen-bond acceptors (Lipinski definition) is 5. The van der Waals surface area contributed by atoms with Gasteiger partial charge in [0.15, 0.2) is 0 Å². The van der Waals surface area contributed by atoms with Crippen molar-refractivity contribution in [2.75, 3.05) is 11.9 Å². The number of sulfonamides is 1. The Kier molecular flexibility index (Phi) is 5.96. The molecular weight excluding hydrogens is 480 g/mol. The molecule has 10 heteroatoms. The molecule has 0 bridgehead atoms. The van der Waals surface area contributed by atoms with Crippen LogP contribution in [0.5, 0.6) is 0 Å². The Morgan fingerprint density at radius 1 is 1.09 bits per heavy atom. The molecule has 1 aliphatic heterocycles. The number of fused-ring (bicyclic) bond motifs is 1. The van der Waals surface area contributed by atoms with Gasteiger partial charge in [-0.3, -0.25) is 4.79 Å². The monoisotopic (exact) mass is 500 g/mol. The number of rotatable bonds is 5. The highest BCUT2D eigenvalue weighted by Gasteiger charge is 2.38. The number of hydrogen-bond donors (Lipinski definition) is 2. The first kappa shape index (κ1) is 22.1. The molecule has 0 radical (unpaired) electrons. The van der Waals surface area contributed by atoms with E-state index in [9.17, 15) is 13.2 Å². The molecule has 0 aliphatic carbocycles. The number of H-pyrrole nitrogens is 1. The van der Waals surface area contributed by atoms with Gasteiger partial charge in [0.1, 0.15) is 16.1 Å². The molecule has 4 aromatic rings. The largest absolute Gasteiger partial charge is 0.338 e. The van der Waals surface area contributed by atoms with Crippen molar-refractivity contribution in [1.82, 2.24) is 14.3 Å². The third kappa shape index (κ3) is 4.29. The summed E-state index contributed by atoms with van der Waals surface area (Å²) < 4.78 is 28.3. The Labute approximate surface area is 200 Å². The van der Waals surface area contributed by atoms with E-state index in [2.05, 4.69) is 15.3 Å². The summed E-state index contributed by atoms with van der Waals surface area (Å²) in [5, 5.41) is 2.95. The van der Waals surface area contributed by atoms with Crippen LogP contribution in [0.25, 0.3) is 22.4 Å². The molecule has 1 amide bonds. The van der Waals surface area contributed by atoms with Crippen molar-refractivity contribution in [1.29, 1.82) is 0 Å². The first-order valence-electron chi connectivity index (χ1n) is 10.6. The molecule has 1 atom stereocenters. The van der Waals surface area contributed by atoms with Gasteiger partial charge in [-0.1, -0.05) is 42.3 Å².